The highest BCUT2D eigenvalue weighted by molar-refractivity contribution is 5.72. The Balaban J connectivity index is 2.43. The zero-order chi connectivity index (χ0) is 10.6. The van der Waals surface area contributed by atoms with Gasteiger partial charge in [-0.25, -0.2) is 0 Å². The largest absolute Gasteiger partial charge is 0.469 e. The quantitative estimate of drug-likeness (QED) is 0.510. The molecule has 0 aromatic carbocycles. The number of allylic oxidation sites excluding steroid dienone is 2. The number of esters is 1. The fraction of sp³-hybridized carbons (Fsp3) is 0.583. The average molecular weight is 194 g/mol. The molecule has 1 rings (SSSR count). The van der Waals surface area contributed by atoms with Gasteiger partial charge in [0.2, 0.25) is 0 Å². The van der Waals surface area contributed by atoms with Crippen molar-refractivity contribution in [3.05, 3.63) is 23.8 Å². The second-order valence-corrected chi connectivity index (χ2v) is 3.93. The molecular weight excluding hydrogens is 176 g/mol. The molecule has 0 radical (unpaired) electrons. The second kappa shape index (κ2) is 4.99. The molecule has 0 aromatic heterocycles. The summed E-state index contributed by atoms with van der Waals surface area (Å²) in [7, 11) is 1.42. The highest BCUT2D eigenvalue weighted by atomic mass is 16.5. The molecule has 78 valence electrons. The Bertz CT molecular complexity index is 263. The molecular formula is C12H18O2. The predicted molar refractivity (Wildman–Crippen MR) is 56.9 cm³/mol. The molecule has 0 spiro atoms. The van der Waals surface area contributed by atoms with Gasteiger partial charge in [0.1, 0.15) is 0 Å². The summed E-state index contributed by atoms with van der Waals surface area (Å²) in [6, 6.07) is 0. The Morgan fingerprint density at radius 2 is 2.43 bits per heavy atom. The van der Waals surface area contributed by atoms with Gasteiger partial charge in [0.25, 0.3) is 0 Å². The van der Waals surface area contributed by atoms with Crippen molar-refractivity contribution in [2.45, 2.75) is 32.6 Å². The first-order chi connectivity index (χ1) is 6.63. The normalized spacial score (nSPS) is 21.3. The van der Waals surface area contributed by atoms with E-state index in [9.17, 15) is 4.79 Å². The van der Waals surface area contributed by atoms with E-state index in [-0.39, 0.29) is 5.97 Å². The number of carbonyl (C=O) groups excluding carboxylic acids is 1. The van der Waals surface area contributed by atoms with E-state index in [2.05, 4.69) is 24.3 Å². The Labute approximate surface area is 85.6 Å². The van der Waals surface area contributed by atoms with Crippen molar-refractivity contribution < 1.29 is 9.53 Å². The molecule has 0 fully saturated rings. The minimum absolute atomic E-state index is 0.179. The van der Waals surface area contributed by atoms with Gasteiger partial charge in [-0.15, -0.1) is 0 Å². The minimum Gasteiger partial charge on any atom is -0.469 e. The van der Waals surface area contributed by atoms with Gasteiger partial charge in [-0.2, -0.15) is 0 Å². The lowest BCUT2D eigenvalue weighted by Gasteiger charge is -2.21. The summed E-state index contributed by atoms with van der Waals surface area (Å²) in [6.07, 6.45) is 5.90. The molecule has 0 amide bonds. The van der Waals surface area contributed by atoms with Crippen LogP contribution in [0.1, 0.15) is 32.6 Å². The summed E-state index contributed by atoms with van der Waals surface area (Å²) in [4.78, 5) is 11.0. The van der Waals surface area contributed by atoms with Crippen molar-refractivity contribution in [3.8, 4) is 0 Å². The van der Waals surface area contributed by atoms with Gasteiger partial charge in [0, 0.05) is 0 Å². The van der Waals surface area contributed by atoms with Crippen molar-refractivity contribution in [3.63, 3.8) is 0 Å². The van der Waals surface area contributed by atoms with E-state index < -0.39 is 0 Å². The van der Waals surface area contributed by atoms with Crippen molar-refractivity contribution in [2.75, 3.05) is 7.11 Å². The van der Waals surface area contributed by atoms with Crippen LogP contribution in [-0.4, -0.2) is 13.1 Å². The van der Waals surface area contributed by atoms with E-state index in [1.54, 1.807) is 0 Å². The number of methoxy groups -OCH3 is 1. The van der Waals surface area contributed by atoms with Crippen LogP contribution in [0.2, 0.25) is 0 Å². The van der Waals surface area contributed by atoms with Gasteiger partial charge in [0.05, 0.1) is 13.5 Å². The molecule has 0 aliphatic heterocycles. The van der Waals surface area contributed by atoms with E-state index in [0.29, 0.717) is 12.3 Å². The van der Waals surface area contributed by atoms with Gasteiger partial charge in [0.15, 0.2) is 0 Å². The summed E-state index contributed by atoms with van der Waals surface area (Å²) < 4.78 is 4.62. The molecule has 0 saturated heterocycles. The third-order valence-electron chi connectivity index (χ3n) is 2.81. The maximum Gasteiger partial charge on any atom is 0.309 e. The molecule has 2 nitrogen and oxygen atoms in total. The van der Waals surface area contributed by atoms with Gasteiger partial charge in [-0.1, -0.05) is 23.8 Å². The fourth-order valence-electron chi connectivity index (χ4n) is 1.74. The lowest BCUT2D eigenvalue weighted by atomic mass is 9.84. The van der Waals surface area contributed by atoms with Crippen LogP contribution in [0.3, 0.4) is 0 Å². The van der Waals surface area contributed by atoms with Crippen LogP contribution in [0.25, 0.3) is 0 Å². The molecule has 0 heterocycles. The SMILES string of the molecule is C=C(CC(=O)OC)[C@H]1CC=C(C)CC1. The van der Waals surface area contributed by atoms with E-state index in [1.165, 1.54) is 12.7 Å². The summed E-state index contributed by atoms with van der Waals surface area (Å²) >= 11 is 0. The van der Waals surface area contributed by atoms with Crippen molar-refractivity contribution in [1.82, 2.24) is 0 Å². The molecule has 0 bridgehead atoms. The smallest absolute Gasteiger partial charge is 0.309 e. The van der Waals surface area contributed by atoms with Gasteiger partial charge in [-0.3, -0.25) is 4.79 Å². The molecule has 0 aromatic rings. The summed E-state index contributed by atoms with van der Waals surface area (Å²) in [6.45, 7) is 6.11. The zero-order valence-corrected chi connectivity index (χ0v) is 9.01. The number of rotatable bonds is 3. The monoisotopic (exact) mass is 194 g/mol. The van der Waals surface area contributed by atoms with Gasteiger partial charge in [-0.05, 0) is 32.1 Å². The topological polar surface area (TPSA) is 26.3 Å². The van der Waals surface area contributed by atoms with Crippen LogP contribution in [0, 0.1) is 5.92 Å². The molecule has 1 atom stereocenters. The Hall–Kier alpha value is -1.05. The molecule has 14 heavy (non-hydrogen) atoms. The van der Waals surface area contributed by atoms with Crippen molar-refractivity contribution >= 4 is 5.97 Å². The fourth-order valence-corrected chi connectivity index (χ4v) is 1.74. The molecule has 0 unspecified atom stereocenters. The predicted octanol–water partition coefficient (Wildman–Crippen LogP) is 2.85. The maximum atomic E-state index is 11.0. The highest BCUT2D eigenvalue weighted by Gasteiger charge is 2.17. The maximum absolute atomic E-state index is 11.0. The van der Waals surface area contributed by atoms with Crippen LogP contribution in [0.4, 0.5) is 0 Å². The summed E-state index contributed by atoms with van der Waals surface area (Å²) in [5.41, 5.74) is 2.47. The highest BCUT2D eigenvalue weighted by Crippen LogP contribution is 2.29. The van der Waals surface area contributed by atoms with E-state index in [4.69, 9.17) is 0 Å². The zero-order valence-electron chi connectivity index (χ0n) is 9.01. The molecule has 0 saturated carbocycles. The molecule has 2 heteroatoms. The lowest BCUT2D eigenvalue weighted by molar-refractivity contribution is -0.139. The van der Waals surface area contributed by atoms with Crippen molar-refractivity contribution in [1.29, 1.82) is 0 Å². The van der Waals surface area contributed by atoms with E-state index in [1.807, 2.05) is 0 Å². The van der Waals surface area contributed by atoms with Crippen LogP contribution in [-0.2, 0) is 9.53 Å². The van der Waals surface area contributed by atoms with E-state index in [0.717, 1.165) is 24.8 Å². The first-order valence-electron chi connectivity index (χ1n) is 5.03. The third-order valence-corrected chi connectivity index (χ3v) is 2.81. The van der Waals surface area contributed by atoms with Crippen LogP contribution >= 0.6 is 0 Å². The van der Waals surface area contributed by atoms with Gasteiger partial charge < -0.3 is 4.74 Å². The number of carbonyl (C=O) groups is 1. The molecule has 1 aliphatic carbocycles. The van der Waals surface area contributed by atoms with Gasteiger partial charge >= 0.3 is 5.97 Å². The van der Waals surface area contributed by atoms with Crippen molar-refractivity contribution in [2.24, 2.45) is 5.92 Å². The molecule has 0 N–H and O–H groups in total. The number of hydrogen-bond donors (Lipinski definition) is 0. The van der Waals surface area contributed by atoms with Crippen LogP contribution < -0.4 is 0 Å². The Morgan fingerprint density at radius 3 is 2.93 bits per heavy atom. The first-order valence-corrected chi connectivity index (χ1v) is 5.03. The second-order valence-electron chi connectivity index (χ2n) is 3.93. The number of ether oxygens (including phenoxy) is 1. The summed E-state index contributed by atoms with van der Waals surface area (Å²) in [5.74, 6) is 0.291. The Kier molecular flexibility index (Phi) is 3.93. The average Bonchev–Trinajstić information content (AvgIpc) is 2.18. The Morgan fingerprint density at radius 1 is 1.71 bits per heavy atom. The van der Waals surface area contributed by atoms with Crippen LogP contribution in [0.5, 0.6) is 0 Å². The standard InChI is InChI=1S/C12H18O2/c1-9-4-6-11(7-5-9)10(2)8-12(13)14-3/h4,11H,2,5-8H2,1,3H3/t11-/m0/s1. The summed E-state index contributed by atoms with van der Waals surface area (Å²) in [5, 5.41) is 0. The minimum atomic E-state index is -0.179. The third kappa shape index (κ3) is 3.02. The van der Waals surface area contributed by atoms with E-state index >= 15 is 0 Å². The first kappa shape index (κ1) is 11.0. The lowest BCUT2D eigenvalue weighted by Crippen LogP contribution is -2.11. The molecule has 1 aliphatic rings. The van der Waals surface area contributed by atoms with Crippen LogP contribution in [0.15, 0.2) is 23.8 Å². The number of hydrogen-bond acceptors (Lipinski definition) is 2.